The van der Waals surface area contributed by atoms with Crippen LogP contribution in [0, 0.1) is 5.92 Å². The number of alkyl carbamates (subject to hydrolysis) is 1. The van der Waals surface area contributed by atoms with E-state index >= 15 is 0 Å². The summed E-state index contributed by atoms with van der Waals surface area (Å²) in [6, 6.07) is 7.07. The number of hydrogen-bond donors (Lipinski definition) is 3. The molecule has 2 unspecified atom stereocenters. The highest BCUT2D eigenvalue weighted by atomic mass is 19.4. The number of alkyl halides is 3. The Kier molecular flexibility index (Phi) is 12.4. The van der Waals surface area contributed by atoms with E-state index in [2.05, 4.69) is 15.6 Å². The van der Waals surface area contributed by atoms with Crippen LogP contribution in [0.15, 0.2) is 48.8 Å². The molecule has 2 atom stereocenters. The average molecular weight is 581 g/mol. The number of aromatic hydroxyl groups is 1. The van der Waals surface area contributed by atoms with Crippen molar-refractivity contribution in [3.8, 4) is 5.75 Å². The highest BCUT2D eigenvalue weighted by Crippen LogP contribution is 2.30. The van der Waals surface area contributed by atoms with Crippen molar-refractivity contribution in [3.63, 3.8) is 0 Å². The maximum absolute atomic E-state index is 13.8. The first-order valence-corrected chi connectivity index (χ1v) is 13.5. The number of carbonyl (C=O) groups excluding carboxylic acids is 3. The van der Waals surface area contributed by atoms with E-state index in [1.165, 1.54) is 24.3 Å². The Morgan fingerprint density at radius 1 is 0.976 bits per heavy atom. The molecule has 12 heteroatoms. The van der Waals surface area contributed by atoms with E-state index in [0.29, 0.717) is 24.2 Å². The van der Waals surface area contributed by atoms with Crippen molar-refractivity contribution in [1.82, 2.24) is 20.5 Å². The molecule has 0 saturated carbocycles. The monoisotopic (exact) mass is 580 g/mol. The molecule has 3 N–H and O–H groups in total. The van der Waals surface area contributed by atoms with Gasteiger partial charge in [-0.25, -0.2) is 4.79 Å². The molecule has 1 aromatic carbocycles. The first-order chi connectivity index (χ1) is 19.2. The molecule has 9 nitrogen and oxygen atoms in total. The van der Waals surface area contributed by atoms with Crippen molar-refractivity contribution in [2.75, 3.05) is 19.6 Å². The Labute approximate surface area is 238 Å². The van der Waals surface area contributed by atoms with Gasteiger partial charge < -0.3 is 25.4 Å². The third-order valence-electron chi connectivity index (χ3n) is 6.31. The van der Waals surface area contributed by atoms with E-state index in [4.69, 9.17) is 4.74 Å². The average Bonchev–Trinajstić information content (AvgIpc) is 2.89. The molecule has 0 saturated heterocycles. The van der Waals surface area contributed by atoms with Gasteiger partial charge in [-0.1, -0.05) is 25.5 Å². The summed E-state index contributed by atoms with van der Waals surface area (Å²) in [4.78, 5) is 42.4. The number of ether oxygens (including phenoxy) is 1. The first-order valence-electron chi connectivity index (χ1n) is 13.5. The number of phenolic OH excluding ortho intramolecular Hbond substituents is 1. The fourth-order valence-electron chi connectivity index (χ4n) is 4.18. The molecule has 0 radical (unpaired) electrons. The van der Waals surface area contributed by atoms with Gasteiger partial charge in [0.05, 0.1) is 0 Å². The van der Waals surface area contributed by atoms with Gasteiger partial charge in [-0.3, -0.25) is 14.6 Å². The van der Waals surface area contributed by atoms with Gasteiger partial charge in [0.2, 0.25) is 5.91 Å². The second kappa shape index (κ2) is 15.2. The number of benzene rings is 1. The molecule has 0 fully saturated rings. The highest BCUT2D eigenvalue weighted by Gasteiger charge is 2.46. The minimum atomic E-state index is -5.22. The lowest BCUT2D eigenvalue weighted by atomic mass is 9.96. The van der Waals surface area contributed by atoms with Crippen LogP contribution in [0.1, 0.15) is 64.1 Å². The SMILES string of the molecule is CCC(CCNC(=O)OC(C)(C)C)CCN(C(=O)C(F)(F)F)C(C(=O)NCCc1ccncc1)c1ccc(O)cc1. The number of rotatable bonds is 13. The fourth-order valence-corrected chi connectivity index (χ4v) is 4.18. The van der Waals surface area contributed by atoms with E-state index in [1.807, 2.05) is 6.92 Å². The van der Waals surface area contributed by atoms with Gasteiger partial charge in [0.1, 0.15) is 17.4 Å². The normalized spacial score (nSPS) is 13.1. The standard InChI is InChI=1S/C29H39F3N4O5/c1-5-20(12-18-35-27(40)41-28(2,3)4)14-19-36(26(39)29(30,31)32)24(22-6-8-23(37)9-7-22)25(38)34-17-13-21-10-15-33-16-11-21/h6-11,15-16,20,24,37H,5,12-14,17-19H2,1-4H3,(H,34,38)(H,35,40). The third kappa shape index (κ3) is 11.7. The maximum Gasteiger partial charge on any atom is 0.471 e. The lowest BCUT2D eigenvalue weighted by molar-refractivity contribution is -0.189. The fraction of sp³-hybridized carbons (Fsp3) is 0.517. The zero-order chi connectivity index (χ0) is 30.6. The molecule has 0 bridgehead atoms. The van der Waals surface area contributed by atoms with Crippen molar-refractivity contribution in [3.05, 3.63) is 59.9 Å². The van der Waals surface area contributed by atoms with Gasteiger partial charge in [0, 0.05) is 32.0 Å². The van der Waals surface area contributed by atoms with Crippen molar-refractivity contribution in [1.29, 1.82) is 0 Å². The number of pyridine rings is 1. The van der Waals surface area contributed by atoms with E-state index in [0.717, 1.165) is 5.56 Å². The molecule has 0 aliphatic rings. The van der Waals surface area contributed by atoms with E-state index in [-0.39, 0.29) is 43.3 Å². The molecule has 3 amide bonds. The molecule has 0 spiro atoms. The Bertz CT molecular complexity index is 1120. The van der Waals surface area contributed by atoms with Crippen molar-refractivity contribution < 1.29 is 37.4 Å². The summed E-state index contributed by atoms with van der Waals surface area (Å²) in [5.74, 6) is -3.20. The summed E-state index contributed by atoms with van der Waals surface area (Å²) in [5, 5.41) is 15.0. The van der Waals surface area contributed by atoms with E-state index in [9.17, 15) is 32.7 Å². The Morgan fingerprint density at radius 2 is 1.61 bits per heavy atom. The summed E-state index contributed by atoms with van der Waals surface area (Å²) in [5.41, 5.74) is 0.325. The Balaban J connectivity index is 2.21. The summed E-state index contributed by atoms with van der Waals surface area (Å²) in [6.07, 6.45) is -1.05. The summed E-state index contributed by atoms with van der Waals surface area (Å²) in [7, 11) is 0. The molecule has 0 aliphatic carbocycles. The zero-order valence-electron chi connectivity index (χ0n) is 23.8. The molecule has 41 heavy (non-hydrogen) atoms. The van der Waals surface area contributed by atoms with Crippen LogP contribution in [0.4, 0.5) is 18.0 Å². The number of nitrogens with one attached hydrogen (secondary N) is 2. The lowest BCUT2D eigenvalue weighted by Gasteiger charge is -2.33. The van der Waals surface area contributed by atoms with Crippen LogP contribution in [0.2, 0.25) is 0 Å². The molecular weight excluding hydrogens is 541 g/mol. The van der Waals surface area contributed by atoms with Crippen LogP contribution in [-0.2, 0) is 20.7 Å². The van der Waals surface area contributed by atoms with E-state index < -0.39 is 35.7 Å². The first kappa shape index (κ1) is 33.4. The number of phenols is 1. The predicted octanol–water partition coefficient (Wildman–Crippen LogP) is 4.91. The van der Waals surface area contributed by atoms with Crippen LogP contribution < -0.4 is 10.6 Å². The largest absolute Gasteiger partial charge is 0.508 e. The van der Waals surface area contributed by atoms with Crippen LogP contribution in [0.3, 0.4) is 0 Å². The van der Waals surface area contributed by atoms with Crippen LogP contribution in [0.25, 0.3) is 0 Å². The third-order valence-corrected chi connectivity index (χ3v) is 6.31. The van der Waals surface area contributed by atoms with Crippen molar-refractivity contribution in [2.24, 2.45) is 5.92 Å². The summed E-state index contributed by atoms with van der Waals surface area (Å²) < 4.78 is 46.5. The number of amides is 3. The number of nitrogens with zero attached hydrogens (tertiary/aromatic N) is 2. The van der Waals surface area contributed by atoms with Gasteiger partial charge in [-0.2, -0.15) is 13.2 Å². The molecule has 2 rings (SSSR count). The van der Waals surface area contributed by atoms with Crippen LogP contribution >= 0.6 is 0 Å². The second-order valence-electron chi connectivity index (χ2n) is 10.7. The number of hydrogen-bond acceptors (Lipinski definition) is 6. The van der Waals surface area contributed by atoms with Crippen LogP contribution in [-0.4, -0.2) is 64.3 Å². The number of aromatic nitrogens is 1. The van der Waals surface area contributed by atoms with Gasteiger partial charge >= 0.3 is 18.2 Å². The summed E-state index contributed by atoms with van der Waals surface area (Å²) >= 11 is 0. The molecular formula is C29H39F3N4O5. The quantitative estimate of drug-likeness (QED) is 0.310. The van der Waals surface area contributed by atoms with Gasteiger partial charge in [-0.05, 0) is 81.3 Å². The molecule has 226 valence electrons. The number of halogens is 3. The van der Waals surface area contributed by atoms with Gasteiger partial charge in [0.15, 0.2) is 0 Å². The molecule has 2 aromatic rings. The van der Waals surface area contributed by atoms with Crippen molar-refractivity contribution >= 4 is 17.9 Å². The molecule has 0 aliphatic heterocycles. The predicted molar refractivity (Wildman–Crippen MR) is 147 cm³/mol. The maximum atomic E-state index is 13.8. The van der Waals surface area contributed by atoms with E-state index in [1.54, 1.807) is 45.3 Å². The Morgan fingerprint density at radius 3 is 2.17 bits per heavy atom. The topological polar surface area (TPSA) is 121 Å². The smallest absolute Gasteiger partial charge is 0.471 e. The molecule has 1 heterocycles. The second-order valence-corrected chi connectivity index (χ2v) is 10.7. The number of carbonyl (C=O) groups is 3. The Hall–Kier alpha value is -3.83. The van der Waals surface area contributed by atoms with Crippen molar-refractivity contribution in [2.45, 2.75) is 71.2 Å². The zero-order valence-corrected chi connectivity index (χ0v) is 23.8. The van der Waals surface area contributed by atoms with Crippen LogP contribution in [0.5, 0.6) is 5.75 Å². The minimum Gasteiger partial charge on any atom is -0.508 e. The van der Waals surface area contributed by atoms with Gasteiger partial charge in [0.25, 0.3) is 0 Å². The van der Waals surface area contributed by atoms with Gasteiger partial charge in [-0.15, -0.1) is 0 Å². The minimum absolute atomic E-state index is 0.124. The lowest BCUT2D eigenvalue weighted by Crippen LogP contribution is -2.49. The molecule has 1 aromatic heterocycles. The highest BCUT2D eigenvalue weighted by molar-refractivity contribution is 5.90. The summed E-state index contributed by atoms with van der Waals surface area (Å²) in [6.45, 7) is 7.05.